The van der Waals surface area contributed by atoms with Gasteiger partial charge in [0, 0.05) is 37.8 Å². The van der Waals surface area contributed by atoms with E-state index in [0.717, 1.165) is 27.9 Å². The van der Waals surface area contributed by atoms with Gasteiger partial charge in [-0.15, -0.1) is 0 Å². The van der Waals surface area contributed by atoms with E-state index in [-0.39, 0.29) is 19.0 Å². The molecule has 1 saturated heterocycles. The molecular weight excluding hydrogens is 388 g/mol. The summed E-state index contributed by atoms with van der Waals surface area (Å²) in [5, 5.41) is 12.2. The van der Waals surface area contributed by atoms with Crippen LogP contribution in [0.3, 0.4) is 0 Å². The average Bonchev–Trinajstić information content (AvgIpc) is 3.19. The lowest BCUT2D eigenvalue weighted by atomic mass is 10.1. The van der Waals surface area contributed by atoms with E-state index < -0.39 is 0 Å². The van der Waals surface area contributed by atoms with E-state index in [1.807, 2.05) is 31.3 Å². The largest absolute Gasteiger partial charge is 0.484 e. The molecule has 0 unspecified atom stereocenters. The molecule has 3 aromatic rings. The Morgan fingerprint density at radius 3 is 2.67 bits per heavy atom. The van der Waals surface area contributed by atoms with Gasteiger partial charge in [0.05, 0.1) is 30.1 Å². The summed E-state index contributed by atoms with van der Waals surface area (Å²) >= 11 is 0. The number of benzene rings is 1. The fraction of sp³-hybridized carbons (Fsp3) is 0.333. The number of fused-ring (bicyclic) bond motifs is 1. The van der Waals surface area contributed by atoms with Gasteiger partial charge in [0.25, 0.3) is 12.4 Å². The lowest BCUT2D eigenvalue weighted by Crippen LogP contribution is -2.42. The van der Waals surface area contributed by atoms with Crippen LogP contribution in [0.2, 0.25) is 0 Å². The molecule has 9 nitrogen and oxygen atoms in total. The Kier molecular flexibility index (Phi) is 6.97. The van der Waals surface area contributed by atoms with Crippen molar-refractivity contribution < 1.29 is 24.2 Å². The van der Waals surface area contributed by atoms with Gasteiger partial charge in [-0.1, -0.05) is 0 Å². The Bertz CT molecular complexity index is 1030. The highest BCUT2D eigenvalue weighted by molar-refractivity contribution is 5.86. The van der Waals surface area contributed by atoms with Crippen molar-refractivity contribution in [2.45, 2.75) is 6.92 Å². The number of ether oxygens (including phenoxy) is 2. The minimum atomic E-state index is -0.250. The molecule has 2 aromatic heterocycles. The first-order chi connectivity index (χ1) is 14.5. The van der Waals surface area contributed by atoms with E-state index in [2.05, 4.69) is 18.1 Å². The van der Waals surface area contributed by atoms with E-state index >= 15 is 0 Å². The Balaban J connectivity index is 0.000000806. The van der Waals surface area contributed by atoms with Crippen molar-refractivity contribution in [2.24, 2.45) is 7.05 Å². The zero-order valence-electron chi connectivity index (χ0n) is 16.9. The van der Waals surface area contributed by atoms with Crippen LogP contribution in [-0.4, -0.2) is 70.1 Å². The standard InChI is InChI=1S/C20H22N4O3.CH2O2/c1-14-11-18(19-5-6-21-23(19)2)22-17-12-15(3-4-16(14)17)27-13-20(25)24-7-9-26-10-8-24;2-1-3/h3-6,11-12H,7-10,13H2,1-2H3;1H,(H,2,3). The number of hydrogen-bond acceptors (Lipinski definition) is 6. The fourth-order valence-electron chi connectivity index (χ4n) is 3.28. The second kappa shape index (κ2) is 9.84. The lowest BCUT2D eigenvalue weighted by molar-refractivity contribution is -0.137. The molecule has 1 fully saturated rings. The maximum absolute atomic E-state index is 12.3. The van der Waals surface area contributed by atoms with Crippen LogP contribution in [0.1, 0.15) is 5.56 Å². The Hall–Kier alpha value is -3.46. The first-order valence-electron chi connectivity index (χ1n) is 9.49. The summed E-state index contributed by atoms with van der Waals surface area (Å²) in [6, 6.07) is 9.75. The molecule has 0 radical (unpaired) electrons. The summed E-state index contributed by atoms with van der Waals surface area (Å²) in [5.74, 6) is 0.615. The number of amides is 1. The number of carbonyl (C=O) groups is 2. The number of aryl methyl sites for hydroxylation is 2. The maximum Gasteiger partial charge on any atom is 0.290 e. The Morgan fingerprint density at radius 2 is 2.00 bits per heavy atom. The molecule has 1 aromatic carbocycles. The van der Waals surface area contributed by atoms with Crippen LogP contribution < -0.4 is 4.74 Å². The third kappa shape index (κ3) is 4.93. The second-order valence-corrected chi connectivity index (χ2v) is 6.73. The number of morpholine rings is 1. The zero-order valence-corrected chi connectivity index (χ0v) is 16.9. The van der Waals surface area contributed by atoms with Crippen LogP contribution in [0.15, 0.2) is 36.5 Å². The van der Waals surface area contributed by atoms with Crippen molar-refractivity contribution in [3.8, 4) is 17.1 Å². The molecule has 1 aliphatic rings. The predicted molar refractivity (Wildman–Crippen MR) is 110 cm³/mol. The molecule has 0 spiro atoms. The summed E-state index contributed by atoms with van der Waals surface area (Å²) in [6.45, 7) is 4.24. The molecule has 30 heavy (non-hydrogen) atoms. The van der Waals surface area contributed by atoms with Gasteiger partial charge in [0.1, 0.15) is 5.75 Å². The van der Waals surface area contributed by atoms with Gasteiger partial charge in [0.15, 0.2) is 6.61 Å². The third-order valence-electron chi connectivity index (χ3n) is 4.80. The van der Waals surface area contributed by atoms with Crippen LogP contribution >= 0.6 is 0 Å². The normalized spacial score (nSPS) is 13.5. The summed E-state index contributed by atoms with van der Waals surface area (Å²) in [4.78, 5) is 27.2. The summed E-state index contributed by atoms with van der Waals surface area (Å²) in [7, 11) is 1.90. The van der Waals surface area contributed by atoms with Crippen molar-refractivity contribution in [2.75, 3.05) is 32.9 Å². The number of hydrogen-bond donors (Lipinski definition) is 1. The quantitative estimate of drug-likeness (QED) is 0.652. The number of rotatable bonds is 4. The van der Waals surface area contributed by atoms with Crippen molar-refractivity contribution in [1.29, 1.82) is 0 Å². The summed E-state index contributed by atoms with van der Waals surface area (Å²) in [5.41, 5.74) is 3.78. The molecule has 158 valence electrons. The van der Waals surface area contributed by atoms with Crippen molar-refractivity contribution >= 4 is 23.3 Å². The molecule has 0 saturated carbocycles. The van der Waals surface area contributed by atoms with Gasteiger partial charge in [-0.25, -0.2) is 4.98 Å². The predicted octanol–water partition coefficient (Wildman–Crippen LogP) is 1.88. The number of nitrogens with zero attached hydrogens (tertiary/aromatic N) is 4. The number of carbonyl (C=O) groups excluding carboxylic acids is 1. The van der Waals surface area contributed by atoms with Crippen molar-refractivity contribution in [3.05, 3.63) is 42.1 Å². The first-order valence-corrected chi connectivity index (χ1v) is 9.49. The molecule has 0 aliphatic carbocycles. The number of pyridine rings is 1. The molecule has 1 amide bonds. The SMILES string of the molecule is Cc1cc(-c2ccnn2C)nc2cc(OCC(=O)N3CCOCC3)ccc12.O=CO. The zero-order chi connectivity index (χ0) is 21.5. The van der Waals surface area contributed by atoms with Crippen molar-refractivity contribution in [1.82, 2.24) is 19.7 Å². The van der Waals surface area contributed by atoms with Gasteiger partial charge >= 0.3 is 0 Å². The van der Waals surface area contributed by atoms with Gasteiger partial charge in [-0.2, -0.15) is 5.10 Å². The monoisotopic (exact) mass is 412 g/mol. The maximum atomic E-state index is 12.3. The molecule has 0 atom stereocenters. The summed E-state index contributed by atoms with van der Waals surface area (Å²) in [6.07, 6.45) is 1.76. The third-order valence-corrected chi connectivity index (χ3v) is 4.80. The van der Waals surface area contributed by atoms with Crippen LogP contribution in [0.4, 0.5) is 0 Å². The fourth-order valence-corrected chi connectivity index (χ4v) is 3.28. The Labute approximate surface area is 173 Å². The highest BCUT2D eigenvalue weighted by Crippen LogP contribution is 2.26. The average molecular weight is 412 g/mol. The van der Waals surface area contributed by atoms with E-state index in [4.69, 9.17) is 24.4 Å². The molecule has 4 rings (SSSR count). The van der Waals surface area contributed by atoms with Gasteiger partial charge in [-0.3, -0.25) is 14.3 Å². The van der Waals surface area contributed by atoms with E-state index in [1.54, 1.807) is 15.8 Å². The Morgan fingerprint density at radius 1 is 1.27 bits per heavy atom. The summed E-state index contributed by atoms with van der Waals surface area (Å²) < 4.78 is 12.8. The van der Waals surface area contributed by atoms with Crippen LogP contribution in [0.5, 0.6) is 5.75 Å². The van der Waals surface area contributed by atoms with E-state index in [9.17, 15) is 4.79 Å². The molecular formula is C21H24N4O5. The van der Waals surface area contributed by atoms with Crippen molar-refractivity contribution in [3.63, 3.8) is 0 Å². The number of carboxylic acid groups (broad SMARTS) is 1. The van der Waals surface area contributed by atoms with Gasteiger partial charge in [0.2, 0.25) is 0 Å². The van der Waals surface area contributed by atoms with Crippen LogP contribution in [0, 0.1) is 6.92 Å². The number of aromatic nitrogens is 3. The highest BCUT2D eigenvalue weighted by Gasteiger charge is 2.17. The molecule has 0 bridgehead atoms. The topological polar surface area (TPSA) is 107 Å². The highest BCUT2D eigenvalue weighted by atomic mass is 16.5. The molecule has 1 aliphatic heterocycles. The van der Waals surface area contributed by atoms with Crippen LogP contribution in [-0.2, 0) is 21.4 Å². The lowest BCUT2D eigenvalue weighted by Gasteiger charge is -2.26. The first kappa shape index (κ1) is 21.3. The van der Waals surface area contributed by atoms with E-state index in [1.165, 1.54) is 0 Å². The van der Waals surface area contributed by atoms with Gasteiger partial charge in [-0.05, 0) is 36.8 Å². The van der Waals surface area contributed by atoms with Crippen LogP contribution in [0.25, 0.3) is 22.3 Å². The molecule has 9 heteroatoms. The van der Waals surface area contributed by atoms with E-state index in [0.29, 0.717) is 32.1 Å². The molecule has 3 heterocycles. The smallest absolute Gasteiger partial charge is 0.290 e. The van der Waals surface area contributed by atoms with Gasteiger partial charge < -0.3 is 19.5 Å². The second-order valence-electron chi connectivity index (χ2n) is 6.73. The molecule has 1 N–H and O–H groups in total. The minimum absolute atomic E-state index is 0.0198. The minimum Gasteiger partial charge on any atom is -0.484 e.